The first-order valence-corrected chi connectivity index (χ1v) is 5.98. The molecule has 0 aliphatic carbocycles. The van der Waals surface area contributed by atoms with Gasteiger partial charge in [-0.1, -0.05) is 27.7 Å². The number of rotatable bonds is 4. The van der Waals surface area contributed by atoms with Crippen molar-refractivity contribution in [2.75, 3.05) is 0 Å². The second-order valence-electron chi connectivity index (χ2n) is 3.49. The molecule has 0 saturated carbocycles. The molecule has 0 spiro atoms. The standard InChI is InChI=1S/C9H20S3/c1-5-9(6(2)10,7(3)11)8(4)12/h6-8,10-12H,5H2,1-4H3. The molecule has 0 aliphatic rings. The van der Waals surface area contributed by atoms with Gasteiger partial charge in [-0.05, 0) is 6.42 Å². The van der Waals surface area contributed by atoms with E-state index in [-0.39, 0.29) is 5.41 Å². The quantitative estimate of drug-likeness (QED) is 0.599. The molecule has 0 saturated heterocycles. The minimum Gasteiger partial charge on any atom is -0.176 e. The van der Waals surface area contributed by atoms with Crippen molar-refractivity contribution in [1.82, 2.24) is 0 Å². The van der Waals surface area contributed by atoms with Crippen LogP contribution in [0.25, 0.3) is 0 Å². The molecule has 0 heterocycles. The zero-order chi connectivity index (χ0) is 9.94. The van der Waals surface area contributed by atoms with Crippen LogP contribution in [0, 0.1) is 5.41 Å². The van der Waals surface area contributed by atoms with Crippen LogP contribution in [0.15, 0.2) is 0 Å². The van der Waals surface area contributed by atoms with Crippen LogP contribution in [0.5, 0.6) is 0 Å². The molecule has 0 aromatic rings. The molecule has 0 rings (SSSR count). The van der Waals surface area contributed by atoms with Gasteiger partial charge in [0.25, 0.3) is 0 Å². The monoisotopic (exact) mass is 224 g/mol. The molecular weight excluding hydrogens is 204 g/mol. The maximum absolute atomic E-state index is 4.54. The van der Waals surface area contributed by atoms with Crippen molar-refractivity contribution in [3.05, 3.63) is 0 Å². The summed E-state index contributed by atoms with van der Waals surface area (Å²) in [7, 11) is 0. The third-order valence-corrected chi connectivity index (χ3v) is 4.39. The third kappa shape index (κ3) is 2.30. The van der Waals surface area contributed by atoms with E-state index in [4.69, 9.17) is 0 Å². The van der Waals surface area contributed by atoms with Crippen LogP contribution in [-0.2, 0) is 0 Å². The molecule has 74 valence electrons. The van der Waals surface area contributed by atoms with Crippen molar-refractivity contribution >= 4 is 37.9 Å². The van der Waals surface area contributed by atoms with E-state index in [2.05, 4.69) is 65.6 Å². The number of thiol groups is 3. The van der Waals surface area contributed by atoms with Crippen molar-refractivity contribution in [2.45, 2.75) is 49.9 Å². The van der Waals surface area contributed by atoms with Gasteiger partial charge >= 0.3 is 0 Å². The van der Waals surface area contributed by atoms with E-state index in [0.29, 0.717) is 15.7 Å². The van der Waals surface area contributed by atoms with E-state index in [1.54, 1.807) is 0 Å². The lowest BCUT2D eigenvalue weighted by atomic mass is 9.76. The maximum atomic E-state index is 4.54. The molecule has 0 radical (unpaired) electrons. The summed E-state index contributed by atoms with van der Waals surface area (Å²) in [6.45, 7) is 8.58. The van der Waals surface area contributed by atoms with Crippen LogP contribution in [0.2, 0.25) is 0 Å². The Balaban J connectivity index is 4.77. The Kier molecular flexibility index (Phi) is 5.50. The SMILES string of the molecule is CCC(C(C)S)(C(C)S)C(C)S. The van der Waals surface area contributed by atoms with Crippen LogP contribution in [0.4, 0.5) is 0 Å². The summed E-state index contributed by atoms with van der Waals surface area (Å²) in [5, 5.41) is 1.01. The van der Waals surface area contributed by atoms with Gasteiger partial charge in [0.2, 0.25) is 0 Å². The third-order valence-electron chi connectivity index (χ3n) is 2.95. The first-order valence-electron chi connectivity index (χ1n) is 4.43. The molecule has 3 unspecified atom stereocenters. The van der Waals surface area contributed by atoms with E-state index >= 15 is 0 Å². The van der Waals surface area contributed by atoms with Crippen molar-refractivity contribution < 1.29 is 0 Å². The highest BCUT2D eigenvalue weighted by molar-refractivity contribution is 7.83. The minimum atomic E-state index is 0.134. The summed E-state index contributed by atoms with van der Waals surface area (Å²) < 4.78 is 0. The zero-order valence-corrected chi connectivity index (χ0v) is 11.0. The fraction of sp³-hybridized carbons (Fsp3) is 1.00. The maximum Gasteiger partial charge on any atom is 0.00656 e. The normalized spacial score (nSPS) is 24.2. The molecule has 0 N–H and O–H groups in total. The molecule has 3 heteroatoms. The first kappa shape index (κ1) is 13.1. The molecule has 0 amide bonds. The lowest BCUT2D eigenvalue weighted by Crippen LogP contribution is -2.43. The molecule has 0 bridgehead atoms. The Labute approximate surface area is 93.1 Å². The van der Waals surface area contributed by atoms with Crippen molar-refractivity contribution in [2.24, 2.45) is 5.41 Å². The van der Waals surface area contributed by atoms with Gasteiger partial charge in [-0.15, -0.1) is 0 Å². The van der Waals surface area contributed by atoms with Gasteiger partial charge in [-0.2, -0.15) is 37.9 Å². The summed E-state index contributed by atoms with van der Waals surface area (Å²) in [5.74, 6) is 0. The van der Waals surface area contributed by atoms with Crippen molar-refractivity contribution in [3.8, 4) is 0 Å². The molecule has 3 atom stereocenters. The number of hydrogen-bond donors (Lipinski definition) is 3. The highest BCUT2D eigenvalue weighted by atomic mass is 32.1. The van der Waals surface area contributed by atoms with E-state index in [9.17, 15) is 0 Å². The summed E-state index contributed by atoms with van der Waals surface area (Å²) >= 11 is 13.6. The largest absolute Gasteiger partial charge is 0.176 e. The molecule has 0 aliphatic heterocycles. The lowest BCUT2D eigenvalue weighted by molar-refractivity contribution is 0.273. The van der Waals surface area contributed by atoms with E-state index < -0.39 is 0 Å². The van der Waals surface area contributed by atoms with Crippen molar-refractivity contribution in [3.63, 3.8) is 0 Å². The van der Waals surface area contributed by atoms with Gasteiger partial charge in [0, 0.05) is 21.2 Å². The van der Waals surface area contributed by atoms with Crippen molar-refractivity contribution in [1.29, 1.82) is 0 Å². The Morgan fingerprint density at radius 2 is 1.17 bits per heavy atom. The molecule has 12 heavy (non-hydrogen) atoms. The second-order valence-corrected chi connectivity index (χ2v) is 5.82. The highest BCUT2D eigenvalue weighted by Gasteiger charge is 2.40. The molecular formula is C9H20S3. The Morgan fingerprint density at radius 3 is 1.17 bits per heavy atom. The van der Waals surface area contributed by atoms with Gasteiger partial charge < -0.3 is 0 Å². The van der Waals surface area contributed by atoms with Gasteiger partial charge in [-0.3, -0.25) is 0 Å². The molecule has 0 nitrogen and oxygen atoms in total. The zero-order valence-electron chi connectivity index (χ0n) is 8.28. The fourth-order valence-electron chi connectivity index (χ4n) is 1.93. The highest BCUT2D eigenvalue weighted by Crippen LogP contribution is 2.42. The molecule has 0 aromatic carbocycles. The first-order chi connectivity index (χ1) is 5.39. The van der Waals surface area contributed by atoms with E-state index in [1.165, 1.54) is 0 Å². The van der Waals surface area contributed by atoms with Crippen LogP contribution in [0.3, 0.4) is 0 Å². The smallest absolute Gasteiger partial charge is 0.00656 e. The second kappa shape index (κ2) is 5.06. The summed E-state index contributed by atoms with van der Waals surface area (Å²) in [5.41, 5.74) is 0.134. The van der Waals surface area contributed by atoms with Crippen LogP contribution in [-0.4, -0.2) is 15.7 Å². The predicted octanol–water partition coefficient (Wildman–Crippen LogP) is 3.34. The van der Waals surface area contributed by atoms with Crippen LogP contribution >= 0.6 is 37.9 Å². The summed E-state index contributed by atoms with van der Waals surface area (Å²) in [6, 6.07) is 0. The average Bonchev–Trinajstić information content (AvgIpc) is 1.86. The number of hydrogen-bond acceptors (Lipinski definition) is 3. The van der Waals surface area contributed by atoms with Gasteiger partial charge in [-0.25, -0.2) is 0 Å². The van der Waals surface area contributed by atoms with Gasteiger partial charge in [0.05, 0.1) is 0 Å². The summed E-state index contributed by atoms with van der Waals surface area (Å²) in [4.78, 5) is 0. The van der Waals surface area contributed by atoms with Gasteiger partial charge in [0.15, 0.2) is 0 Å². The Morgan fingerprint density at radius 1 is 0.917 bits per heavy atom. The minimum absolute atomic E-state index is 0.134. The predicted molar refractivity (Wildman–Crippen MR) is 68.1 cm³/mol. The Hall–Kier alpha value is 1.05. The summed E-state index contributed by atoms with van der Waals surface area (Å²) in [6.07, 6.45) is 1.08. The van der Waals surface area contributed by atoms with Gasteiger partial charge in [0.1, 0.15) is 0 Å². The molecule has 0 aromatic heterocycles. The van der Waals surface area contributed by atoms with Crippen LogP contribution < -0.4 is 0 Å². The van der Waals surface area contributed by atoms with E-state index in [0.717, 1.165) is 6.42 Å². The van der Waals surface area contributed by atoms with E-state index in [1.807, 2.05) is 0 Å². The molecule has 0 fully saturated rings. The van der Waals surface area contributed by atoms with Crippen LogP contribution in [0.1, 0.15) is 34.1 Å². The topological polar surface area (TPSA) is 0 Å². The average molecular weight is 224 g/mol. The lowest BCUT2D eigenvalue weighted by Gasteiger charge is -2.42. The fourth-order valence-corrected chi connectivity index (χ4v) is 4.18. The Bertz CT molecular complexity index is 108.